The Hall–Kier alpha value is -0.580. The summed E-state index contributed by atoms with van der Waals surface area (Å²) in [5.74, 6) is 6.16. The van der Waals surface area contributed by atoms with Gasteiger partial charge in [-0.2, -0.15) is 11.8 Å². The largest absolute Gasteiger partial charge is 0.271 e. The van der Waals surface area contributed by atoms with Crippen LogP contribution in [0.5, 0.6) is 0 Å². The van der Waals surface area contributed by atoms with Gasteiger partial charge in [0.1, 0.15) is 5.82 Å². The van der Waals surface area contributed by atoms with Crippen molar-refractivity contribution < 1.29 is 4.39 Å². The minimum Gasteiger partial charge on any atom is -0.271 e. The number of aryl methyl sites for hydroxylation is 1. The molecule has 1 unspecified atom stereocenters. The number of rotatable bonds is 5. The second-order valence-corrected chi connectivity index (χ2v) is 5.71. The van der Waals surface area contributed by atoms with Crippen molar-refractivity contribution in [3.8, 4) is 0 Å². The van der Waals surface area contributed by atoms with Crippen molar-refractivity contribution in [1.82, 2.24) is 5.43 Å². The molecule has 0 spiro atoms. The fraction of sp³-hybridized carbons (Fsp3) is 0.500. The standard InChI is InChI=1S/C12H19FN2S/c1-8(2)16-7-12(15-14)11-6-10(13)5-4-9(11)3/h4-6,8,12,15H,7,14H2,1-3H3. The van der Waals surface area contributed by atoms with E-state index in [2.05, 4.69) is 19.3 Å². The molecular weight excluding hydrogens is 223 g/mol. The zero-order valence-electron chi connectivity index (χ0n) is 9.96. The lowest BCUT2D eigenvalue weighted by Crippen LogP contribution is -2.30. The Morgan fingerprint density at radius 2 is 2.12 bits per heavy atom. The van der Waals surface area contributed by atoms with Gasteiger partial charge in [0, 0.05) is 5.75 Å². The summed E-state index contributed by atoms with van der Waals surface area (Å²) in [6, 6.07) is 4.82. The molecule has 0 heterocycles. The molecule has 0 aromatic heterocycles. The number of nitrogens with one attached hydrogen (secondary N) is 1. The first kappa shape index (κ1) is 13.5. The second kappa shape index (κ2) is 6.23. The van der Waals surface area contributed by atoms with Gasteiger partial charge in [-0.05, 0) is 35.4 Å². The van der Waals surface area contributed by atoms with E-state index < -0.39 is 0 Å². The molecule has 90 valence electrons. The lowest BCUT2D eigenvalue weighted by atomic mass is 10.0. The van der Waals surface area contributed by atoms with Gasteiger partial charge in [0.2, 0.25) is 0 Å². The molecule has 0 saturated heterocycles. The van der Waals surface area contributed by atoms with Crippen LogP contribution < -0.4 is 11.3 Å². The van der Waals surface area contributed by atoms with E-state index in [1.165, 1.54) is 6.07 Å². The molecule has 1 rings (SSSR count). The third-order valence-electron chi connectivity index (χ3n) is 2.41. The van der Waals surface area contributed by atoms with Crippen molar-refractivity contribution in [1.29, 1.82) is 0 Å². The van der Waals surface area contributed by atoms with Crippen molar-refractivity contribution in [3.63, 3.8) is 0 Å². The second-order valence-electron chi connectivity index (χ2n) is 4.10. The maximum atomic E-state index is 13.2. The van der Waals surface area contributed by atoms with E-state index in [0.717, 1.165) is 16.9 Å². The van der Waals surface area contributed by atoms with Gasteiger partial charge in [-0.3, -0.25) is 11.3 Å². The minimum atomic E-state index is -0.213. The van der Waals surface area contributed by atoms with Crippen molar-refractivity contribution >= 4 is 11.8 Å². The van der Waals surface area contributed by atoms with Gasteiger partial charge >= 0.3 is 0 Å². The summed E-state index contributed by atoms with van der Waals surface area (Å²) in [5, 5.41) is 0.546. The summed E-state index contributed by atoms with van der Waals surface area (Å²) in [4.78, 5) is 0. The highest BCUT2D eigenvalue weighted by Crippen LogP contribution is 2.23. The maximum absolute atomic E-state index is 13.2. The predicted octanol–water partition coefficient (Wildman–Crippen LogP) is 2.78. The van der Waals surface area contributed by atoms with E-state index >= 15 is 0 Å². The molecule has 1 atom stereocenters. The van der Waals surface area contributed by atoms with Crippen LogP contribution in [-0.2, 0) is 0 Å². The molecule has 0 bridgehead atoms. The number of hydrazine groups is 1. The molecule has 2 nitrogen and oxygen atoms in total. The maximum Gasteiger partial charge on any atom is 0.123 e. The third kappa shape index (κ3) is 3.77. The Morgan fingerprint density at radius 3 is 2.69 bits per heavy atom. The predicted molar refractivity (Wildman–Crippen MR) is 68.8 cm³/mol. The van der Waals surface area contributed by atoms with Gasteiger partial charge in [0.05, 0.1) is 6.04 Å². The van der Waals surface area contributed by atoms with Crippen LogP contribution in [0.1, 0.15) is 31.0 Å². The van der Waals surface area contributed by atoms with Gasteiger partial charge in [0.25, 0.3) is 0 Å². The van der Waals surface area contributed by atoms with Gasteiger partial charge in [-0.15, -0.1) is 0 Å². The number of thioether (sulfide) groups is 1. The zero-order chi connectivity index (χ0) is 12.1. The van der Waals surface area contributed by atoms with Crippen molar-refractivity contribution in [3.05, 3.63) is 35.1 Å². The molecular formula is C12H19FN2S. The molecule has 1 aromatic rings. The molecule has 4 heteroatoms. The van der Waals surface area contributed by atoms with Crippen molar-refractivity contribution in [2.24, 2.45) is 5.84 Å². The monoisotopic (exact) mass is 242 g/mol. The smallest absolute Gasteiger partial charge is 0.123 e. The molecule has 0 saturated carbocycles. The fourth-order valence-electron chi connectivity index (χ4n) is 1.50. The van der Waals surface area contributed by atoms with Crippen LogP contribution >= 0.6 is 11.8 Å². The molecule has 0 amide bonds. The summed E-state index contributed by atoms with van der Waals surface area (Å²) >= 11 is 1.81. The van der Waals surface area contributed by atoms with Crippen LogP contribution in [0.15, 0.2) is 18.2 Å². The van der Waals surface area contributed by atoms with Crippen molar-refractivity contribution in [2.75, 3.05) is 5.75 Å². The van der Waals surface area contributed by atoms with Gasteiger partial charge in [-0.25, -0.2) is 4.39 Å². The Kier molecular flexibility index (Phi) is 5.25. The van der Waals surface area contributed by atoms with Crippen LogP contribution in [-0.4, -0.2) is 11.0 Å². The van der Waals surface area contributed by atoms with Crippen LogP contribution in [0, 0.1) is 12.7 Å². The molecule has 0 radical (unpaired) electrons. The highest BCUT2D eigenvalue weighted by Gasteiger charge is 2.13. The number of nitrogens with two attached hydrogens (primary N) is 1. The number of hydrogen-bond donors (Lipinski definition) is 2. The highest BCUT2D eigenvalue weighted by atomic mass is 32.2. The topological polar surface area (TPSA) is 38.0 Å². The molecule has 0 aliphatic carbocycles. The average molecular weight is 242 g/mol. The number of benzene rings is 1. The van der Waals surface area contributed by atoms with E-state index in [9.17, 15) is 4.39 Å². The van der Waals surface area contributed by atoms with Crippen molar-refractivity contribution in [2.45, 2.75) is 32.1 Å². The molecule has 16 heavy (non-hydrogen) atoms. The van der Waals surface area contributed by atoms with E-state index in [1.54, 1.807) is 12.1 Å². The zero-order valence-corrected chi connectivity index (χ0v) is 10.8. The quantitative estimate of drug-likeness (QED) is 0.616. The van der Waals surface area contributed by atoms with Gasteiger partial charge in [0.15, 0.2) is 0 Å². The SMILES string of the molecule is Cc1ccc(F)cc1C(CSC(C)C)NN. The summed E-state index contributed by atoms with van der Waals surface area (Å²) in [5.41, 5.74) is 4.76. The Morgan fingerprint density at radius 1 is 1.44 bits per heavy atom. The summed E-state index contributed by atoms with van der Waals surface area (Å²) in [6.45, 7) is 6.24. The number of halogens is 1. The Balaban J connectivity index is 2.81. The number of hydrogen-bond acceptors (Lipinski definition) is 3. The summed E-state index contributed by atoms with van der Waals surface area (Å²) in [6.07, 6.45) is 0. The van der Waals surface area contributed by atoms with E-state index in [0.29, 0.717) is 5.25 Å². The van der Waals surface area contributed by atoms with Crippen LogP contribution in [0.3, 0.4) is 0 Å². The molecule has 0 aliphatic rings. The molecule has 3 N–H and O–H groups in total. The van der Waals surface area contributed by atoms with Crippen LogP contribution in [0.25, 0.3) is 0 Å². The van der Waals surface area contributed by atoms with Crippen LogP contribution in [0.2, 0.25) is 0 Å². The Bertz CT molecular complexity index is 342. The molecule has 1 aromatic carbocycles. The average Bonchev–Trinajstić information content (AvgIpc) is 2.23. The van der Waals surface area contributed by atoms with E-state index in [-0.39, 0.29) is 11.9 Å². The lowest BCUT2D eigenvalue weighted by molar-refractivity contribution is 0.588. The summed E-state index contributed by atoms with van der Waals surface area (Å²) < 4.78 is 13.2. The summed E-state index contributed by atoms with van der Waals surface area (Å²) in [7, 11) is 0. The van der Waals surface area contributed by atoms with Gasteiger partial charge < -0.3 is 0 Å². The van der Waals surface area contributed by atoms with E-state index in [1.807, 2.05) is 18.7 Å². The molecule has 0 fully saturated rings. The van der Waals surface area contributed by atoms with Gasteiger partial charge in [-0.1, -0.05) is 19.9 Å². The Labute approximate surface area is 101 Å². The first-order valence-electron chi connectivity index (χ1n) is 5.38. The first-order chi connectivity index (χ1) is 7.54. The lowest BCUT2D eigenvalue weighted by Gasteiger charge is -2.19. The normalized spacial score (nSPS) is 13.1. The third-order valence-corrected chi connectivity index (χ3v) is 3.61. The fourth-order valence-corrected chi connectivity index (χ4v) is 2.36. The minimum absolute atomic E-state index is 0.00287. The first-order valence-corrected chi connectivity index (χ1v) is 6.43. The molecule has 0 aliphatic heterocycles. The van der Waals surface area contributed by atoms with Crippen LogP contribution in [0.4, 0.5) is 4.39 Å². The van der Waals surface area contributed by atoms with E-state index in [4.69, 9.17) is 5.84 Å². The highest BCUT2D eigenvalue weighted by molar-refractivity contribution is 7.99.